The number of rotatable bonds is 4. The first-order valence-corrected chi connectivity index (χ1v) is 11.6. The Morgan fingerprint density at radius 3 is 2.64 bits per heavy atom. The van der Waals surface area contributed by atoms with E-state index in [2.05, 4.69) is 38.8 Å². The predicted octanol–water partition coefficient (Wildman–Crippen LogP) is 3.26. The molecule has 33 heavy (non-hydrogen) atoms. The number of morpholine rings is 1. The molecule has 5 rings (SSSR count). The third-order valence-corrected chi connectivity index (χ3v) is 6.31. The highest BCUT2D eigenvalue weighted by atomic mass is 35.5. The Balaban J connectivity index is 1.31. The van der Waals surface area contributed by atoms with Crippen LogP contribution in [0.5, 0.6) is 0 Å². The first-order chi connectivity index (χ1) is 16.2. The Morgan fingerprint density at radius 1 is 1.00 bits per heavy atom. The number of benzene rings is 2. The van der Waals surface area contributed by atoms with Crippen molar-refractivity contribution in [1.29, 1.82) is 0 Å². The van der Waals surface area contributed by atoms with Crippen LogP contribution in [0.2, 0.25) is 5.02 Å². The van der Waals surface area contributed by atoms with E-state index in [1.165, 1.54) is 0 Å². The lowest BCUT2D eigenvalue weighted by molar-refractivity contribution is 0.0362. The Hall–Kier alpha value is -3.11. The molecular formula is C26H26ClN5O. The summed E-state index contributed by atoms with van der Waals surface area (Å²) in [6.45, 7) is 7.51. The lowest BCUT2D eigenvalue weighted by atomic mass is 10.1. The summed E-state index contributed by atoms with van der Waals surface area (Å²) in [4.78, 5) is 13.9. The average Bonchev–Trinajstić information content (AvgIpc) is 3.32. The van der Waals surface area contributed by atoms with Crippen molar-refractivity contribution in [2.24, 2.45) is 4.99 Å². The lowest BCUT2D eigenvalue weighted by Gasteiger charge is -2.29. The molecule has 7 heteroatoms. The van der Waals surface area contributed by atoms with E-state index >= 15 is 0 Å². The van der Waals surface area contributed by atoms with Crippen LogP contribution in [-0.2, 0) is 4.74 Å². The lowest BCUT2D eigenvalue weighted by Crippen LogP contribution is -2.42. The third-order valence-electron chi connectivity index (χ3n) is 6.08. The van der Waals surface area contributed by atoms with Gasteiger partial charge in [-0.1, -0.05) is 41.6 Å². The highest BCUT2D eigenvalue weighted by Gasteiger charge is 2.20. The van der Waals surface area contributed by atoms with E-state index in [1.807, 2.05) is 30.3 Å². The second kappa shape index (κ2) is 9.80. The fraction of sp³-hybridized carbons (Fsp3) is 0.308. The van der Waals surface area contributed by atoms with E-state index in [4.69, 9.17) is 27.1 Å². The number of hydrogen-bond donors (Lipinski definition) is 1. The van der Waals surface area contributed by atoms with Gasteiger partial charge in [-0.25, -0.2) is 4.98 Å². The zero-order valence-corrected chi connectivity index (χ0v) is 19.2. The molecule has 2 N–H and O–H groups in total. The number of ether oxygens (including phenoxy) is 1. The second-order valence-corrected chi connectivity index (χ2v) is 8.66. The van der Waals surface area contributed by atoms with Gasteiger partial charge in [0.25, 0.3) is 0 Å². The molecular weight excluding hydrogens is 434 g/mol. The Labute approximate surface area is 199 Å². The normalized spacial score (nSPS) is 16.5. The van der Waals surface area contributed by atoms with Gasteiger partial charge < -0.3 is 15.4 Å². The number of anilines is 1. The number of aromatic nitrogens is 1. The van der Waals surface area contributed by atoms with Crippen LogP contribution < -0.4 is 5.73 Å². The van der Waals surface area contributed by atoms with Crippen LogP contribution >= 0.6 is 11.6 Å². The molecule has 2 aliphatic rings. The summed E-state index contributed by atoms with van der Waals surface area (Å²) in [6, 6.07) is 13.9. The van der Waals surface area contributed by atoms with Gasteiger partial charge in [-0.3, -0.25) is 9.89 Å². The Bertz CT molecular complexity index is 1230. The highest BCUT2D eigenvalue weighted by Crippen LogP contribution is 2.25. The summed E-state index contributed by atoms with van der Waals surface area (Å²) in [7, 11) is 0. The number of hydrogen-bond acceptors (Lipinski definition) is 6. The molecule has 0 saturated carbocycles. The topological polar surface area (TPSA) is 67.0 Å². The van der Waals surface area contributed by atoms with Gasteiger partial charge in [0.15, 0.2) is 0 Å². The van der Waals surface area contributed by atoms with Gasteiger partial charge >= 0.3 is 0 Å². The average molecular weight is 460 g/mol. The molecule has 1 aromatic heterocycles. The number of nitrogens with zero attached hydrogens (tertiary/aromatic N) is 4. The van der Waals surface area contributed by atoms with Gasteiger partial charge in [-0.2, -0.15) is 0 Å². The molecule has 168 valence electrons. The molecule has 3 aromatic rings. The first kappa shape index (κ1) is 21.7. The van der Waals surface area contributed by atoms with Crippen LogP contribution in [0.3, 0.4) is 0 Å². The molecule has 0 aliphatic carbocycles. The molecule has 0 atom stereocenters. The van der Waals surface area contributed by atoms with Gasteiger partial charge in [0.05, 0.1) is 25.3 Å². The number of fused-ring (bicyclic) bond motifs is 1. The maximum Gasteiger partial charge on any atom is 0.139 e. The van der Waals surface area contributed by atoms with Crippen molar-refractivity contribution in [2.75, 3.05) is 58.2 Å². The van der Waals surface area contributed by atoms with Gasteiger partial charge in [0.2, 0.25) is 0 Å². The van der Waals surface area contributed by atoms with Crippen molar-refractivity contribution >= 4 is 34.0 Å². The highest BCUT2D eigenvalue weighted by molar-refractivity contribution is 6.31. The minimum Gasteiger partial charge on any atom is -0.383 e. The predicted molar refractivity (Wildman–Crippen MR) is 134 cm³/mol. The maximum absolute atomic E-state index is 6.19. The molecule has 1 saturated heterocycles. The number of nitrogen functional groups attached to an aromatic ring is 1. The minimum absolute atomic E-state index is 0.408. The van der Waals surface area contributed by atoms with Crippen molar-refractivity contribution in [3.63, 3.8) is 0 Å². The largest absolute Gasteiger partial charge is 0.383 e. The summed E-state index contributed by atoms with van der Waals surface area (Å²) in [5.74, 6) is 7.90. The molecule has 0 spiro atoms. The zero-order valence-electron chi connectivity index (χ0n) is 18.4. The summed E-state index contributed by atoms with van der Waals surface area (Å²) >= 11 is 6.19. The molecule has 0 bridgehead atoms. The quantitative estimate of drug-likeness (QED) is 0.606. The number of halogens is 1. The van der Waals surface area contributed by atoms with E-state index in [9.17, 15) is 0 Å². The van der Waals surface area contributed by atoms with Gasteiger partial charge in [0.1, 0.15) is 11.7 Å². The van der Waals surface area contributed by atoms with Crippen molar-refractivity contribution in [3.8, 4) is 11.8 Å². The molecule has 3 heterocycles. The summed E-state index contributed by atoms with van der Waals surface area (Å²) in [5.41, 5.74) is 8.86. The molecule has 0 unspecified atom stereocenters. The van der Waals surface area contributed by atoms with E-state index < -0.39 is 0 Å². The molecule has 2 aromatic carbocycles. The number of nitrogens with two attached hydrogens (primary N) is 1. The van der Waals surface area contributed by atoms with Crippen LogP contribution in [0.4, 0.5) is 5.82 Å². The van der Waals surface area contributed by atoms with Crippen molar-refractivity contribution in [3.05, 3.63) is 70.4 Å². The standard InChI is InChI=1S/C26H26ClN5O/c27-22-7-6-21-18-30-25(28)23(24(21)17-22)8-3-19-1-4-20(5-2-19)26-29-9-10-32(26)12-11-31-13-15-33-16-14-31/h1-2,4-7,17-18H,9-16H2,(H2,28,30). The van der Waals surface area contributed by atoms with Crippen LogP contribution in [0, 0.1) is 11.8 Å². The summed E-state index contributed by atoms with van der Waals surface area (Å²) < 4.78 is 5.45. The Morgan fingerprint density at radius 2 is 1.82 bits per heavy atom. The molecule has 0 radical (unpaired) electrons. The summed E-state index contributed by atoms with van der Waals surface area (Å²) in [6.07, 6.45) is 1.74. The molecule has 0 amide bonds. The van der Waals surface area contributed by atoms with Crippen LogP contribution in [0.25, 0.3) is 10.8 Å². The Kier molecular flexibility index (Phi) is 6.45. The van der Waals surface area contributed by atoms with Crippen LogP contribution in [0.15, 0.2) is 53.7 Å². The first-order valence-electron chi connectivity index (χ1n) is 11.2. The fourth-order valence-corrected chi connectivity index (χ4v) is 4.40. The molecule has 6 nitrogen and oxygen atoms in total. The number of pyridine rings is 1. The smallest absolute Gasteiger partial charge is 0.139 e. The third kappa shape index (κ3) is 4.96. The van der Waals surface area contributed by atoms with Crippen molar-refractivity contribution in [2.45, 2.75) is 0 Å². The summed E-state index contributed by atoms with van der Waals surface area (Å²) in [5, 5.41) is 2.52. The zero-order chi connectivity index (χ0) is 22.6. The SMILES string of the molecule is Nc1ncc2ccc(Cl)cc2c1C#Cc1ccc(C2=NCCN2CCN2CCOCC2)cc1. The second-order valence-electron chi connectivity index (χ2n) is 8.22. The monoisotopic (exact) mass is 459 g/mol. The van der Waals surface area contributed by atoms with Gasteiger partial charge in [-0.15, -0.1) is 0 Å². The molecule has 2 aliphatic heterocycles. The van der Waals surface area contributed by atoms with E-state index in [1.54, 1.807) is 6.20 Å². The van der Waals surface area contributed by atoms with E-state index in [0.29, 0.717) is 16.4 Å². The van der Waals surface area contributed by atoms with Gasteiger partial charge in [-0.05, 0) is 24.3 Å². The van der Waals surface area contributed by atoms with E-state index in [0.717, 1.165) is 80.2 Å². The van der Waals surface area contributed by atoms with Crippen molar-refractivity contribution < 1.29 is 4.74 Å². The van der Waals surface area contributed by atoms with Gasteiger partial charge in [0, 0.05) is 65.8 Å². The maximum atomic E-state index is 6.19. The number of aliphatic imine (C=N–C) groups is 1. The minimum atomic E-state index is 0.408. The fourth-order valence-electron chi connectivity index (χ4n) is 4.23. The molecule has 1 fully saturated rings. The van der Waals surface area contributed by atoms with E-state index in [-0.39, 0.29) is 0 Å². The van der Waals surface area contributed by atoms with Crippen LogP contribution in [-0.4, -0.2) is 73.1 Å². The number of amidine groups is 1. The van der Waals surface area contributed by atoms with Crippen molar-refractivity contribution in [1.82, 2.24) is 14.8 Å². The van der Waals surface area contributed by atoms with Crippen LogP contribution in [0.1, 0.15) is 16.7 Å².